The van der Waals surface area contributed by atoms with E-state index in [9.17, 15) is 0 Å². The minimum absolute atomic E-state index is 0.0576. The van der Waals surface area contributed by atoms with Gasteiger partial charge in [-0.15, -0.1) is 0 Å². The minimum atomic E-state index is -0.333. The molecule has 17 heavy (non-hydrogen) atoms. The second-order valence-electron chi connectivity index (χ2n) is 3.63. The molecule has 0 aromatic heterocycles. The molecular formula is C13H19N3O. The molecule has 5 N–H and O–H groups in total. The Morgan fingerprint density at radius 1 is 1.41 bits per heavy atom. The van der Waals surface area contributed by atoms with E-state index >= 15 is 0 Å². The number of allylic oxidation sites excluding steroid dienone is 1. The zero-order valence-corrected chi connectivity index (χ0v) is 10.0. The van der Waals surface area contributed by atoms with Gasteiger partial charge in [0.15, 0.2) is 0 Å². The minimum Gasteiger partial charge on any atom is -0.405 e. The summed E-state index contributed by atoms with van der Waals surface area (Å²) in [6.45, 7) is 2.62. The number of nitrogens with two attached hydrogens (primary N) is 2. The summed E-state index contributed by atoms with van der Waals surface area (Å²) in [6, 6.07) is 7.32. The van der Waals surface area contributed by atoms with Crippen molar-refractivity contribution in [3.8, 4) is 0 Å². The number of benzene rings is 1. The zero-order chi connectivity index (χ0) is 12.7. The summed E-state index contributed by atoms with van der Waals surface area (Å²) in [4.78, 5) is 4.35. The summed E-state index contributed by atoms with van der Waals surface area (Å²) < 4.78 is 0. The fourth-order valence-corrected chi connectivity index (χ4v) is 1.51. The van der Waals surface area contributed by atoms with Crippen LogP contribution < -0.4 is 11.5 Å². The van der Waals surface area contributed by atoms with E-state index in [-0.39, 0.29) is 12.6 Å². The molecule has 0 fully saturated rings. The third kappa shape index (κ3) is 3.69. The highest BCUT2D eigenvalue weighted by atomic mass is 16.3. The summed E-state index contributed by atoms with van der Waals surface area (Å²) in [5.74, 6) is 0. The second-order valence-corrected chi connectivity index (χ2v) is 3.63. The predicted octanol–water partition coefficient (Wildman–Crippen LogP) is 0.960. The Bertz CT molecular complexity index is 396. The SMILES string of the molecule is CCN=C(/C=C\N)c1ccc(C(N)CO)cc1. The molecule has 0 aliphatic rings. The van der Waals surface area contributed by atoms with Crippen molar-refractivity contribution in [2.75, 3.05) is 13.2 Å². The van der Waals surface area contributed by atoms with Gasteiger partial charge >= 0.3 is 0 Å². The van der Waals surface area contributed by atoms with Crippen LogP contribution in [0.5, 0.6) is 0 Å². The van der Waals surface area contributed by atoms with E-state index in [4.69, 9.17) is 16.6 Å². The lowest BCUT2D eigenvalue weighted by molar-refractivity contribution is 0.268. The van der Waals surface area contributed by atoms with Crippen molar-refractivity contribution < 1.29 is 5.11 Å². The molecule has 0 bridgehead atoms. The van der Waals surface area contributed by atoms with Crippen LogP contribution in [0.3, 0.4) is 0 Å². The Morgan fingerprint density at radius 3 is 2.53 bits per heavy atom. The van der Waals surface area contributed by atoms with Gasteiger partial charge in [-0.3, -0.25) is 4.99 Å². The van der Waals surface area contributed by atoms with E-state index < -0.39 is 0 Å². The predicted molar refractivity (Wildman–Crippen MR) is 70.9 cm³/mol. The molecule has 4 heteroatoms. The molecule has 1 aromatic rings. The highest BCUT2D eigenvalue weighted by molar-refractivity contribution is 6.08. The molecule has 0 aliphatic heterocycles. The molecule has 92 valence electrons. The van der Waals surface area contributed by atoms with Crippen LogP contribution in [0.4, 0.5) is 0 Å². The van der Waals surface area contributed by atoms with Crippen molar-refractivity contribution in [1.29, 1.82) is 0 Å². The maximum atomic E-state index is 8.96. The van der Waals surface area contributed by atoms with Gasteiger partial charge in [-0.1, -0.05) is 24.3 Å². The average Bonchev–Trinajstić information content (AvgIpc) is 2.38. The lowest BCUT2D eigenvalue weighted by Gasteiger charge is -2.09. The largest absolute Gasteiger partial charge is 0.405 e. The summed E-state index contributed by atoms with van der Waals surface area (Å²) in [7, 11) is 0. The number of hydrogen-bond acceptors (Lipinski definition) is 4. The highest BCUT2D eigenvalue weighted by Crippen LogP contribution is 2.12. The molecule has 4 nitrogen and oxygen atoms in total. The molecule has 0 spiro atoms. The van der Waals surface area contributed by atoms with Crippen molar-refractivity contribution in [1.82, 2.24) is 0 Å². The number of nitrogens with zero attached hydrogens (tertiary/aromatic N) is 1. The van der Waals surface area contributed by atoms with Gasteiger partial charge in [-0.25, -0.2) is 0 Å². The normalized spacial score (nSPS) is 14.2. The smallest absolute Gasteiger partial charge is 0.0660 e. The van der Waals surface area contributed by atoms with Crippen LogP contribution in [0.15, 0.2) is 41.5 Å². The molecule has 1 atom stereocenters. The van der Waals surface area contributed by atoms with Crippen molar-refractivity contribution in [2.24, 2.45) is 16.5 Å². The molecule has 1 unspecified atom stereocenters. The molecule has 1 aromatic carbocycles. The Balaban J connectivity index is 2.96. The van der Waals surface area contributed by atoms with Gasteiger partial charge in [0.05, 0.1) is 18.4 Å². The maximum absolute atomic E-state index is 8.96. The van der Waals surface area contributed by atoms with Crippen molar-refractivity contribution in [2.45, 2.75) is 13.0 Å². The molecule has 0 aliphatic carbocycles. The van der Waals surface area contributed by atoms with Gasteiger partial charge in [0.1, 0.15) is 0 Å². The monoisotopic (exact) mass is 233 g/mol. The van der Waals surface area contributed by atoms with E-state index in [1.807, 2.05) is 31.2 Å². The van der Waals surface area contributed by atoms with Crippen LogP contribution in [0.2, 0.25) is 0 Å². The molecular weight excluding hydrogens is 214 g/mol. The van der Waals surface area contributed by atoms with Crippen LogP contribution >= 0.6 is 0 Å². The van der Waals surface area contributed by atoms with Crippen LogP contribution in [0.25, 0.3) is 0 Å². The Labute approximate surface area is 102 Å². The lowest BCUT2D eigenvalue weighted by atomic mass is 10.0. The third-order valence-corrected chi connectivity index (χ3v) is 2.41. The first-order valence-electron chi connectivity index (χ1n) is 5.62. The Kier molecular flexibility index (Phi) is 5.39. The van der Waals surface area contributed by atoms with Crippen LogP contribution in [0.1, 0.15) is 24.1 Å². The number of rotatable bonds is 5. The fraction of sp³-hybridized carbons (Fsp3) is 0.308. The summed E-state index contributed by atoms with van der Waals surface area (Å²) in [5, 5.41) is 8.96. The highest BCUT2D eigenvalue weighted by Gasteiger charge is 2.05. The number of aliphatic hydroxyl groups excluding tert-OH is 1. The molecule has 0 heterocycles. The quantitative estimate of drug-likeness (QED) is 0.662. The van der Waals surface area contributed by atoms with Crippen molar-refractivity contribution >= 4 is 5.71 Å². The average molecular weight is 233 g/mol. The topological polar surface area (TPSA) is 84.6 Å². The first-order chi connectivity index (χ1) is 8.22. The molecule has 0 amide bonds. The van der Waals surface area contributed by atoms with Gasteiger partial charge < -0.3 is 16.6 Å². The second kappa shape index (κ2) is 6.83. The number of aliphatic hydroxyl groups is 1. The Hall–Kier alpha value is -1.65. The van der Waals surface area contributed by atoms with E-state index in [2.05, 4.69) is 4.99 Å². The first kappa shape index (κ1) is 13.4. The molecule has 1 rings (SSSR count). The first-order valence-corrected chi connectivity index (χ1v) is 5.62. The zero-order valence-electron chi connectivity index (χ0n) is 10.0. The molecule has 0 saturated heterocycles. The van der Waals surface area contributed by atoms with Crippen LogP contribution in [0, 0.1) is 0 Å². The van der Waals surface area contributed by atoms with Crippen LogP contribution in [-0.4, -0.2) is 24.0 Å². The standard InChI is InChI=1S/C13H19N3O/c1-2-16-13(7-8-14)11-5-3-10(4-6-11)12(15)9-17/h3-8,12,17H,2,9,14-15H2,1H3/b8-7-,16-13?. The van der Waals surface area contributed by atoms with Gasteiger partial charge in [0.25, 0.3) is 0 Å². The summed E-state index contributed by atoms with van der Waals surface area (Å²) >= 11 is 0. The summed E-state index contributed by atoms with van der Waals surface area (Å²) in [5.41, 5.74) is 13.8. The lowest BCUT2D eigenvalue weighted by Crippen LogP contribution is -2.14. The van der Waals surface area contributed by atoms with Gasteiger partial charge in [-0.2, -0.15) is 0 Å². The molecule has 0 saturated carbocycles. The number of aliphatic imine (C=N–C) groups is 1. The van der Waals surface area contributed by atoms with E-state index in [0.717, 1.165) is 16.8 Å². The maximum Gasteiger partial charge on any atom is 0.0660 e. The third-order valence-electron chi connectivity index (χ3n) is 2.41. The fourth-order valence-electron chi connectivity index (χ4n) is 1.51. The van der Waals surface area contributed by atoms with Gasteiger partial charge in [-0.05, 0) is 30.3 Å². The van der Waals surface area contributed by atoms with Crippen molar-refractivity contribution in [3.05, 3.63) is 47.7 Å². The van der Waals surface area contributed by atoms with Crippen LogP contribution in [-0.2, 0) is 0 Å². The number of hydrogen-bond donors (Lipinski definition) is 3. The van der Waals surface area contributed by atoms with E-state index in [1.54, 1.807) is 6.08 Å². The van der Waals surface area contributed by atoms with Gasteiger partial charge in [0.2, 0.25) is 0 Å². The summed E-state index contributed by atoms with van der Waals surface area (Å²) in [6.07, 6.45) is 3.24. The molecule has 0 radical (unpaired) electrons. The van der Waals surface area contributed by atoms with E-state index in [1.165, 1.54) is 6.20 Å². The van der Waals surface area contributed by atoms with E-state index in [0.29, 0.717) is 6.54 Å². The Morgan fingerprint density at radius 2 is 2.06 bits per heavy atom. The van der Waals surface area contributed by atoms with Crippen molar-refractivity contribution in [3.63, 3.8) is 0 Å². The van der Waals surface area contributed by atoms with Gasteiger partial charge in [0, 0.05) is 6.54 Å².